The number of carbonyl (C=O) groups excluding carboxylic acids is 2. The van der Waals surface area contributed by atoms with E-state index in [9.17, 15) is 9.59 Å². The third kappa shape index (κ3) is 4.80. The summed E-state index contributed by atoms with van der Waals surface area (Å²) < 4.78 is 4.66. The lowest BCUT2D eigenvalue weighted by Crippen LogP contribution is -2.15. The first-order valence-corrected chi connectivity index (χ1v) is 8.60. The van der Waals surface area contributed by atoms with Crippen LogP contribution in [-0.4, -0.2) is 34.2 Å². The molecule has 1 aromatic carbocycles. The van der Waals surface area contributed by atoms with Crippen LogP contribution in [-0.2, 0) is 11.3 Å². The van der Waals surface area contributed by atoms with E-state index >= 15 is 0 Å². The zero-order valence-electron chi connectivity index (χ0n) is 14.8. The fourth-order valence-electron chi connectivity index (χ4n) is 2.30. The minimum atomic E-state index is -0.531. The summed E-state index contributed by atoms with van der Waals surface area (Å²) in [6.45, 7) is 0.532. The van der Waals surface area contributed by atoms with Gasteiger partial charge in [-0.15, -0.1) is 10.2 Å². The normalized spacial score (nSPS) is 10.2. The number of hydrogen-bond acceptors (Lipinski definition) is 7. The average molecular weight is 398 g/mol. The van der Waals surface area contributed by atoms with Gasteiger partial charge in [0.05, 0.1) is 23.4 Å². The van der Waals surface area contributed by atoms with Crippen LogP contribution < -0.4 is 10.6 Å². The van der Waals surface area contributed by atoms with Gasteiger partial charge in [-0.25, -0.2) is 4.79 Å². The molecule has 142 valence electrons. The summed E-state index contributed by atoms with van der Waals surface area (Å²) >= 11 is 6.08. The van der Waals surface area contributed by atoms with E-state index in [0.717, 1.165) is 5.56 Å². The molecular formula is C19H16ClN5O3. The monoisotopic (exact) mass is 397 g/mol. The van der Waals surface area contributed by atoms with E-state index in [0.29, 0.717) is 12.4 Å². The molecule has 0 fully saturated rings. The van der Waals surface area contributed by atoms with E-state index < -0.39 is 11.9 Å². The Hall–Kier alpha value is -3.52. The lowest BCUT2D eigenvalue weighted by Gasteiger charge is -2.09. The van der Waals surface area contributed by atoms with Gasteiger partial charge in [0.15, 0.2) is 5.69 Å². The predicted octanol–water partition coefficient (Wildman–Crippen LogP) is 3.18. The molecule has 0 aliphatic carbocycles. The molecule has 0 aliphatic heterocycles. The van der Waals surface area contributed by atoms with Crippen molar-refractivity contribution >= 4 is 35.0 Å². The highest BCUT2D eigenvalue weighted by Crippen LogP contribution is 2.24. The third-order valence-corrected chi connectivity index (χ3v) is 4.06. The molecule has 1 amide bonds. The van der Waals surface area contributed by atoms with Gasteiger partial charge in [0.25, 0.3) is 5.91 Å². The van der Waals surface area contributed by atoms with Gasteiger partial charge in [-0.1, -0.05) is 17.7 Å². The molecule has 0 atom stereocenters. The number of carbonyl (C=O) groups is 2. The highest BCUT2D eigenvalue weighted by atomic mass is 35.5. The Morgan fingerprint density at radius 3 is 2.68 bits per heavy atom. The van der Waals surface area contributed by atoms with Crippen molar-refractivity contribution < 1.29 is 14.3 Å². The Morgan fingerprint density at radius 2 is 2.00 bits per heavy atom. The summed E-state index contributed by atoms with van der Waals surface area (Å²) in [5.74, 6) is -0.516. The SMILES string of the molecule is COC(=O)c1ccc(Cl)c(NC(=O)c2ccc(NCc3cccnc3)nn2)c1. The van der Waals surface area contributed by atoms with Crippen LogP contribution in [0.5, 0.6) is 0 Å². The Bertz CT molecular complexity index is 981. The second-order valence-electron chi connectivity index (χ2n) is 5.66. The number of benzene rings is 1. The Kier molecular flexibility index (Phi) is 6.13. The van der Waals surface area contributed by atoms with Gasteiger partial charge in [-0.05, 0) is 42.0 Å². The van der Waals surface area contributed by atoms with E-state index in [1.165, 1.54) is 31.4 Å². The first-order chi connectivity index (χ1) is 13.6. The number of halogens is 1. The minimum absolute atomic E-state index is 0.103. The largest absolute Gasteiger partial charge is 0.465 e. The molecule has 0 spiro atoms. The van der Waals surface area contributed by atoms with Crippen LogP contribution in [0.1, 0.15) is 26.4 Å². The topological polar surface area (TPSA) is 106 Å². The van der Waals surface area contributed by atoms with Crippen molar-refractivity contribution in [3.63, 3.8) is 0 Å². The van der Waals surface area contributed by atoms with E-state index in [-0.39, 0.29) is 22.0 Å². The molecule has 3 rings (SSSR count). The maximum Gasteiger partial charge on any atom is 0.337 e. The van der Waals surface area contributed by atoms with E-state index in [1.54, 1.807) is 18.5 Å². The summed E-state index contributed by atoms with van der Waals surface area (Å²) in [6, 6.07) is 11.4. The number of amides is 1. The second kappa shape index (κ2) is 8.92. The van der Waals surface area contributed by atoms with Crippen molar-refractivity contribution in [1.29, 1.82) is 0 Å². The highest BCUT2D eigenvalue weighted by Gasteiger charge is 2.14. The average Bonchev–Trinajstić information content (AvgIpc) is 2.74. The van der Waals surface area contributed by atoms with Crippen LogP contribution in [0.15, 0.2) is 54.9 Å². The first kappa shape index (κ1) is 19.2. The molecule has 0 aliphatic rings. The summed E-state index contributed by atoms with van der Waals surface area (Å²) in [5.41, 5.74) is 1.64. The number of pyridine rings is 1. The number of aromatic nitrogens is 3. The molecule has 3 aromatic rings. The third-order valence-electron chi connectivity index (χ3n) is 3.73. The number of ether oxygens (including phenoxy) is 1. The number of nitrogens with one attached hydrogen (secondary N) is 2. The molecule has 0 bridgehead atoms. The lowest BCUT2D eigenvalue weighted by atomic mass is 10.2. The molecule has 0 saturated carbocycles. The van der Waals surface area contributed by atoms with Crippen LogP contribution in [0.25, 0.3) is 0 Å². The molecule has 2 aromatic heterocycles. The van der Waals surface area contributed by atoms with Crippen molar-refractivity contribution in [3.8, 4) is 0 Å². The summed E-state index contributed by atoms with van der Waals surface area (Å²) in [7, 11) is 1.27. The standard InChI is InChI=1S/C19H16ClN5O3/c1-28-19(27)13-4-5-14(20)16(9-13)23-18(26)15-6-7-17(25-24-15)22-11-12-3-2-8-21-10-12/h2-10H,11H2,1H3,(H,22,25)(H,23,26). The van der Waals surface area contributed by atoms with Crippen LogP contribution in [0, 0.1) is 0 Å². The van der Waals surface area contributed by atoms with Gasteiger partial charge in [0.2, 0.25) is 0 Å². The molecule has 8 nitrogen and oxygen atoms in total. The van der Waals surface area contributed by atoms with Crippen molar-refractivity contribution in [3.05, 3.63) is 76.7 Å². The van der Waals surface area contributed by atoms with Crippen LogP contribution in [0.4, 0.5) is 11.5 Å². The summed E-state index contributed by atoms with van der Waals surface area (Å²) in [4.78, 5) is 28.0. The van der Waals surface area contributed by atoms with Gasteiger partial charge >= 0.3 is 5.97 Å². The molecular weight excluding hydrogens is 382 g/mol. The van der Waals surface area contributed by atoms with Crippen LogP contribution in [0.3, 0.4) is 0 Å². The van der Waals surface area contributed by atoms with Gasteiger partial charge < -0.3 is 15.4 Å². The Labute approximate surface area is 165 Å². The maximum atomic E-state index is 12.4. The zero-order valence-corrected chi connectivity index (χ0v) is 15.6. The minimum Gasteiger partial charge on any atom is -0.465 e. The fourth-order valence-corrected chi connectivity index (χ4v) is 2.46. The molecule has 2 N–H and O–H groups in total. The first-order valence-electron chi connectivity index (χ1n) is 8.22. The number of methoxy groups -OCH3 is 1. The summed E-state index contributed by atoms with van der Waals surface area (Å²) in [6.07, 6.45) is 3.44. The Balaban J connectivity index is 1.65. The van der Waals surface area contributed by atoms with Crippen molar-refractivity contribution in [2.75, 3.05) is 17.7 Å². The van der Waals surface area contributed by atoms with Gasteiger partial charge in [0.1, 0.15) is 5.82 Å². The molecule has 28 heavy (non-hydrogen) atoms. The van der Waals surface area contributed by atoms with Crippen molar-refractivity contribution in [2.45, 2.75) is 6.54 Å². The molecule has 2 heterocycles. The number of nitrogens with zero attached hydrogens (tertiary/aromatic N) is 3. The van der Waals surface area contributed by atoms with Crippen molar-refractivity contribution in [2.24, 2.45) is 0 Å². The quantitative estimate of drug-likeness (QED) is 0.615. The van der Waals surface area contributed by atoms with Gasteiger partial charge in [0, 0.05) is 18.9 Å². The Morgan fingerprint density at radius 1 is 1.14 bits per heavy atom. The van der Waals surface area contributed by atoms with E-state index in [2.05, 4.69) is 30.6 Å². The van der Waals surface area contributed by atoms with Gasteiger partial charge in [-0.3, -0.25) is 9.78 Å². The van der Waals surface area contributed by atoms with E-state index in [1.807, 2.05) is 12.1 Å². The van der Waals surface area contributed by atoms with Crippen molar-refractivity contribution in [1.82, 2.24) is 15.2 Å². The summed E-state index contributed by atoms with van der Waals surface area (Å²) in [5, 5.41) is 13.9. The molecule has 0 saturated heterocycles. The maximum absolute atomic E-state index is 12.4. The molecule has 0 radical (unpaired) electrons. The van der Waals surface area contributed by atoms with Crippen LogP contribution >= 0.6 is 11.6 Å². The lowest BCUT2D eigenvalue weighted by molar-refractivity contribution is 0.0600. The number of rotatable bonds is 6. The zero-order chi connectivity index (χ0) is 19.9. The van der Waals surface area contributed by atoms with E-state index in [4.69, 9.17) is 11.6 Å². The predicted molar refractivity (Wildman–Crippen MR) is 104 cm³/mol. The van der Waals surface area contributed by atoms with Crippen LogP contribution in [0.2, 0.25) is 5.02 Å². The fraction of sp³-hybridized carbons (Fsp3) is 0.105. The smallest absolute Gasteiger partial charge is 0.337 e. The second-order valence-corrected chi connectivity index (χ2v) is 6.07. The molecule has 9 heteroatoms. The highest BCUT2D eigenvalue weighted by molar-refractivity contribution is 6.34. The number of esters is 1. The number of anilines is 2. The van der Waals surface area contributed by atoms with Gasteiger partial charge in [-0.2, -0.15) is 0 Å². The molecule has 0 unspecified atom stereocenters. The number of hydrogen-bond donors (Lipinski definition) is 2.